The Kier molecular flexibility index (Phi) is 10.6. The first-order chi connectivity index (χ1) is 23.7. The number of likely N-dealkylation sites (N-methyl/N-ethyl adjacent to an activating group) is 1. The van der Waals surface area contributed by atoms with Crippen LogP contribution < -0.4 is 4.74 Å². The molecule has 0 heterocycles. The van der Waals surface area contributed by atoms with Gasteiger partial charge in [0.15, 0.2) is 0 Å². The molecule has 0 unspecified atom stereocenters. The van der Waals surface area contributed by atoms with Crippen molar-refractivity contribution >= 4 is 11.1 Å². The Balaban J connectivity index is 1.20. The fourth-order valence-electron chi connectivity index (χ4n) is 6.52. The van der Waals surface area contributed by atoms with E-state index in [1.165, 1.54) is 44.5 Å². The third-order valence-electron chi connectivity index (χ3n) is 8.96. The van der Waals surface area contributed by atoms with E-state index >= 15 is 0 Å². The van der Waals surface area contributed by atoms with Gasteiger partial charge in [-0.2, -0.15) is 0 Å². The van der Waals surface area contributed by atoms with Gasteiger partial charge in [0.05, 0.1) is 12.0 Å². The van der Waals surface area contributed by atoms with Crippen molar-refractivity contribution in [1.82, 2.24) is 4.90 Å². The molecule has 0 spiro atoms. The molecular weight excluding hydrogens is 583 g/mol. The van der Waals surface area contributed by atoms with E-state index < -0.39 is 5.41 Å². The maximum Gasteiger partial charge on any atom is 0.119 e. The molecule has 238 valence electrons. The molecule has 0 bridgehead atoms. The van der Waals surface area contributed by atoms with Crippen molar-refractivity contribution in [2.45, 2.75) is 18.8 Å². The third-order valence-corrected chi connectivity index (χ3v) is 8.96. The molecule has 0 aliphatic carbocycles. The van der Waals surface area contributed by atoms with E-state index in [-0.39, 0.29) is 0 Å². The fourth-order valence-corrected chi connectivity index (χ4v) is 6.52. The van der Waals surface area contributed by atoms with Gasteiger partial charge in [0.2, 0.25) is 0 Å². The minimum Gasteiger partial charge on any atom is -0.492 e. The van der Waals surface area contributed by atoms with Gasteiger partial charge in [-0.05, 0) is 75.4 Å². The zero-order valence-corrected chi connectivity index (χ0v) is 27.9. The summed E-state index contributed by atoms with van der Waals surface area (Å²) < 4.78 is 6.28. The van der Waals surface area contributed by atoms with Gasteiger partial charge in [-0.25, -0.2) is 0 Å². The Labute approximate surface area is 286 Å². The highest BCUT2D eigenvalue weighted by molar-refractivity contribution is 5.98. The molecule has 48 heavy (non-hydrogen) atoms. The zero-order valence-electron chi connectivity index (χ0n) is 27.9. The summed E-state index contributed by atoms with van der Waals surface area (Å²) in [5.74, 6) is 0.869. The molecule has 0 atom stereocenters. The Bertz CT molecular complexity index is 1800. The molecule has 6 aromatic rings. The number of hydrogen-bond donors (Lipinski definition) is 0. The maximum absolute atomic E-state index is 6.28. The lowest BCUT2D eigenvalue weighted by Gasteiger charge is -2.33. The van der Waals surface area contributed by atoms with Crippen molar-refractivity contribution < 1.29 is 4.74 Å². The van der Waals surface area contributed by atoms with Gasteiger partial charge in [-0.3, -0.25) is 0 Å². The third kappa shape index (κ3) is 7.35. The summed E-state index contributed by atoms with van der Waals surface area (Å²) in [4.78, 5) is 2.21. The summed E-state index contributed by atoms with van der Waals surface area (Å²) in [6.45, 7) is 3.55. The highest BCUT2D eigenvalue weighted by atomic mass is 16.5. The van der Waals surface area contributed by atoms with Gasteiger partial charge in [0, 0.05) is 7.05 Å². The van der Waals surface area contributed by atoms with E-state index in [0.29, 0.717) is 6.61 Å². The quantitative estimate of drug-likeness (QED) is 0.0935. The predicted octanol–water partition coefficient (Wildman–Crippen LogP) is 10.9. The summed E-state index contributed by atoms with van der Waals surface area (Å²) in [7, 11) is 2.11. The van der Waals surface area contributed by atoms with Crippen LogP contribution in [0.15, 0.2) is 188 Å². The molecule has 0 saturated heterocycles. The van der Waals surface area contributed by atoms with E-state index in [1.807, 2.05) is 0 Å². The lowest BCUT2D eigenvalue weighted by molar-refractivity contribution is 0.273. The highest BCUT2D eigenvalue weighted by Gasteiger charge is 2.33. The van der Waals surface area contributed by atoms with Crippen LogP contribution in [0.4, 0.5) is 0 Å². The first-order valence-corrected chi connectivity index (χ1v) is 16.8. The van der Waals surface area contributed by atoms with Crippen LogP contribution in [0.25, 0.3) is 11.1 Å². The van der Waals surface area contributed by atoms with E-state index in [1.54, 1.807) is 0 Å². The number of hydrogen-bond acceptors (Lipinski definition) is 2. The van der Waals surface area contributed by atoms with E-state index in [2.05, 4.69) is 207 Å². The van der Waals surface area contributed by atoms with Crippen molar-refractivity contribution in [3.63, 3.8) is 0 Å². The second-order valence-corrected chi connectivity index (χ2v) is 12.0. The van der Waals surface area contributed by atoms with Crippen LogP contribution >= 0.6 is 0 Å². The molecule has 0 saturated carbocycles. The largest absolute Gasteiger partial charge is 0.492 e. The zero-order chi connectivity index (χ0) is 33.0. The highest BCUT2D eigenvalue weighted by Crippen LogP contribution is 2.41. The second kappa shape index (κ2) is 15.8. The molecule has 2 nitrogen and oxygen atoms in total. The van der Waals surface area contributed by atoms with Crippen molar-refractivity contribution in [1.29, 1.82) is 0 Å². The van der Waals surface area contributed by atoms with Gasteiger partial charge in [0.1, 0.15) is 12.4 Å². The molecule has 2 heteroatoms. The normalized spacial score (nSPS) is 12.0. The Morgan fingerprint density at radius 1 is 0.542 bits per heavy atom. The SMILES string of the molecule is CC/C(=C(\c1ccccc1)c1ccc(OCCN(C)C=CC(c2ccccc2)(c2ccccc2)c2ccccc2)cc1)c1ccccc1. The van der Waals surface area contributed by atoms with Gasteiger partial charge in [0.25, 0.3) is 0 Å². The Morgan fingerprint density at radius 3 is 1.42 bits per heavy atom. The van der Waals surface area contributed by atoms with Crippen LogP contribution in [0.3, 0.4) is 0 Å². The molecule has 0 aromatic heterocycles. The number of allylic oxidation sites excluding steroid dienone is 2. The van der Waals surface area contributed by atoms with Gasteiger partial charge < -0.3 is 9.64 Å². The predicted molar refractivity (Wildman–Crippen MR) is 202 cm³/mol. The minimum absolute atomic E-state index is 0.435. The average molecular weight is 626 g/mol. The molecule has 0 aliphatic rings. The van der Waals surface area contributed by atoms with E-state index in [9.17, 15) is 0 Å². The number of benzene rings is 6. The summed E-state index contributed by atoms with van der Waals surface area (Å²) in [5.41, 5.74) is 9.51. The lowest BCUT2D eigenvalue weighted by Crippen LogP contribution is -2.28. The van der Waals surface area contributed by atoms with Crippen LogP contribution in [-0.4, -0.2) is 25.1 Å². The molecular formula is C46H43NO. The van der Waals surface area contributed by atoms with Crippen molar-refractivity contribution in [2.24, 2.45) is 0 Å². The smallest absolute Gasteiger partial charge is 0.119 e. The maximum atomic E-state index is 6.28. The minimum atomic E-state index is -0.435. The lowest BCUT2D eigenvalue weighted by atomic mass is 9.69. The molecule has 0 radical (unpaired) electrons. The first kappa shape index (κ1) is 32.3. The van der Waals surface area contributed by atoms with Crippen molar-refractivity contribution in [3.8, 4) is 5.75 Å². The van der Waals surface area contributed by atoms with Gasteiger partial charge in [-0.15, -0.1) is 0 Å². The molecule has 0 fully saturated rings. The summed E-state index contributed by atoms with van der Waals surface area (Å²) in [6.07, 6.45) is 5.47. The number of nitrogens with zero attached hydrogens (tertiary/aromatic N) is 1. The summed E-state index contributed by atoms with van der Waals surface area (Å²) >= 11 is 0. The topological polar surface area (TPSA) is 12.5 Å². The first-order valence-electron chi connectivity index (χ1n) is 16.8. The summed E-state index contributed by atoms with van der Waals surface area (Å²) in [5, 5.41) is 0. The second-order valence-electron chi connectivity index (χ2n) is 12.0. The molecule has 6 rings (SSSR count). The van der Waals surface area contributed by atoms with E-state index in [0.717, 1.165) is 18.7 Å². The van der Waals surface area contributed by atoms with Crippen LogP contribution in [0.5, 0.6) is 5.75 Å². The van der Waals surface area contributed by atoms with Crippen LogP contribution in [0.1, 0.15) is 46.7 Å². The molecule has 0 amide bonds. The van der Waals surface area contributed by atoms with Crippen molar-refractivity contribution in [3.05, 3.63) is 222 Å². The molecule has 0 N–H and O–H groups in total. The van der Waals surface area contributed by atoms with Gasteiger partial charge in [-0.1, -0.05) is 171 Å². The van der Waals surface area contributed by atoms with Gasteiger partial charge >= 0.3 is 0 Å². The number of rotatable bonds is 13. The molecule has 6 aromatic carbocycles. The van der Waals surface area contributed by atoms with Crippen LogP contribution in [0.2, 0.25) is 0 Å². The fraction of sp³-hybridized carbons (Fsp3) is 0.130. The Morgan fingerprint density at radius 2 is 0.958 bits per heavy atom. The van der Waals surface area contributed by atoms with E-state index in [4.69, 9.17) is 4.74 Å². The van der Waals surface area contributed by atoms with Crippen LogP contribution in [-0.2, 0) is 5.41 Å². The average Bonchev–Trinajstić information content (AvgIpc) is 3.16. The van der Waals surface area contributed by atoms with Crippen LogP contribution in [0, 0.1) is 0 Å². The summed E-state index contributed by atoms with van der Waals surface area (Å²) in [6, 6.07) is 62.2. The standard InChI is InChI=1S/C46H43NO/c1-3-44(37-19-9-4-10-20-37)45(38-21-11-5-12-22-38)39-29-31-43(32-30-39)48-36-35-47(2)34-33-46(40-23-13-6-14-24-40,41-25-15-7-16-26-41)42-27-17-8-18-28-42/h4-34H,3,35-36H2,1-2H3/b34-33?,45-44-. The monoisotopic (exact) mass is 625 g/mol. The molecule has 0 aliphatic heterocycles. The number of ether oxygens (including phenoxy) is 1. The Hall–Kier alpha value is -5.60. The van der Waals surface area contributed by atoms with Crippen molar-refractivity contribution in [2.75, 3.05) is 20.2 Å².